The second-order valence-corrected chi connectivity index (χ2v) is 4.78. The number of hydrogen-bond donors (Lipinski definition) is 1. The van der Waals surface area contributed by atoms with Crippen LogP contribution < -0.4 is 15.4 Å². The molecule has 1 aromatic carbocycles. The fourth-order valence-corrected chi connectivity index (χ4v) is 2.68. The summed E-state index contributed by atoms with van der Waals surface area (Å²) in [5.41, 5.74) is 9.69. The third kappa shape index (κ3) is 1.91. The van der Waals surface area contributed by atoms with Crippen LogP contribution in [0.3, 0.4) is 0 Å². The van der Waals surface area contributed by atoms with Crippen molar-refractivity contribution in [1.29, 1.82) is 0 Å². The van der Waals surface area contributed by atoms with Crippen molar-refractivity contribution in [2.75, 3.05) is 31.3 Å². The summed E-state index contributed by atoms with van der Waals surface area (Å²) in [5, 5.41) is 3.97. The van der Waals surface area contributed by atoms with E-state index in [4.69, 9.17) is 15.0 Å². The summed E-state index contributed by atoms with van der Waals surface area (Å²) in [6.45, 7) is 1.08. The molecular formula is C14H17N3O2. The van der Waals surface area contributed by atoms with E-state index < -0.39 is 0 Å². The molecule has 0 bridgehead atoms. The van der Waals surface area contributed by atoms with Crippen molar-refractivity contribution in [3.63, 3.8) is 0 Å². The Morgan fingerprint density at radius 2 is 2.26 bits per heavy atom. The molecule has 2 heterocycles. The van der Waals surface area contributed by atoms with Gasteiger partial charge >= 0.3 is 0 Å². The second kappa shape index (κ2) is 4.50. The molecule has 0 amide bonds. The van der Waals surface area contributed by atoms with E-state index >= 15 is 0 Å². The van der Waals surface area contributed by atoms with Crippen molar-refractivity contribution in [2.24, 2.45) is 0 Å². The molecule has 2 aromatic rings. The number of hydrogen-bond acceptors (Lipinski definition) is 5. The number of fused-ring (bicyclic) bond motifs is 1. The van der Waals surface area contributed by atoms with Crippen LogP contribution in [-0.2, 0) is 6.42 Å². The zero-order valence-electron chi connectivity index (χ0n) is 11.1. The average Bonchev–Trinajstić information content (AvgIpc) is 2.84. The summed E-state index contributed by atoms with van der Waals surface area (Å²) in [5.74, 6) is 1.18. The number of nitrogens with zero attached hydrogens (tertiary/aromatic N) is 2. The van der Waals surface area contributed by atoms with Gasteiger partial charge < -0.3 is 19.9 Å². The van der Waals surface area contributed by atoms with E-state index in [0.29, 0.717) is 11.6 Å². The maximum absolute atomic E-state index is 5.61. The summed E-state index contributed by atoms with van der Waals surface area (Å²) < 4.78 is 10.6. The molecule has 100 valence electrons. The lowest BCUT2D eigenvalue weighted by molar-refractivity contribution is 0.408. The summed E-state index contributed by atoms with van der Waals surface area (Å²) >= 11 is 0. The molecule has 0 fully saturated rings. The first-order valence-corrected chi connectivity index (χ1v) is 6.34. The number of anilines is 2. The minimum atomic E-state index is 0.312. The van der Waals surface area contributed by atoms with E-state index in [9.17, 15) is 0 Å². The second-order valence-electron chi connectivity index (χ2n) is 4.78. The molecule has 1 aliphatic rings. The zero-order chi connectivity index (χ0) is 13.4. The van der Waals surface area contributed by atoms with Gasteiger partial charge in [0.25, 0.3) is 0 Å². The maximum Gasteiger partial charge on any atom is 0.222 e. The summed E-state index contributed by atoms with van der Waals surface area (Å²) in [6.07, 6.45) is 2.15. The Labute approximate surface area is 111 Å². The van der Waals surface area contributed by atoms with Crippen LogP contribution >= 0.6 is 0 Å². The lowest BCUT2D eigenvalue weighted by Gasteiger charge is -2.29. The van der Waals surface area contributed by atoms with E-state index in [2.05, 4.69) is 23.2 Å². The van der Waals surface area contributed by atoms with Crippen LogP contribution in [0.25, 0.3) is 11.3 Å². The van der Waals surface area contributed by atoms with Crippen LogP contribution in [0, 0.1) is 0 Å². The Morgan fingerprint density at radius 1 is 1.42 bits per heavy atom. The number of aromatic nitrogens is 1. The molecule has 1 aromatic heterocycles. The van der Waals surface area contributed by atoms with Crippen LogP contribution in [0.4, 0.5) is 11.6 Å². The van der Waals surface area contributed by atoms with Gasteiger partial charge in [-0.1, -0.05) is 5.16 Å². The highest BCUT2D eigenvalue weighted by molar-refractivity contribution is 5.76. The molecule has 5 nitrogen and oxygen atoms in total. The molecule has 2 N–H and O–H groups in total. The monoisotopic (exact) mass is 259 g/mol. The third-order valence-electron chi connectivity index (χ3n) is 3.58. The molecule has 0 spiro atoms. The highest BCUT2D eigenvalue weighted by Crippen LogP contribution is 2.40. The molecule has 0 radical (unpaired) electrons. The number of methoxy groups -OCH3 is 1. The maximum atomic E-state index is 5.61. The highest BCUT2D eigenvalue weighted by Gasteiger charge is 2.22. The fourth-order valence-electron chi connectivity index (χ4n) is 2.68. The molecule has 0 saturated heterocycles. The van der Waals surface area contributed by atoms with Crippen LogP contribution in [0.1, 0.15) is 12.0 Å². The molecule has 0 aliphatic carbocycles. The molecule has 1 aliphatic heterocycles. The van der Waals surface area contributed by atoms with Crippen molar-refractivity contribution in [3.8, 4) is 17.0 Å². The number of ether oxygens (including phenoxy) is 1. The Balaban J connectivity index is 2.16. The molecular weight excluding hydrogens is 242 g/mol. The number of rotatable bonds is 2. The van der Waals surface area contributed by atoms with Crippen molar-refractivity contribution < 1.29 is 9.26 Å². The molecule has 19 heavy (non-hydrogen) atoms. The standard InChI is InChI=1S/C14H17N3O2/c1-17-7-3-4-10-12(17)6-5-9(14(10)18-2)11-8-13(15)19-16-11/h5-6,8H,3-4,7,15H2,1-2H3. The van der Waals surface area contributed by atoms with Crippen molar-refractivity contribution in [3.05, 3.63) is 23.8 Å². The van der Waals surface area contributed by atoms with Gasteiger partial charge in [0.2, 0.25) is 5.88 Å². The van der Waals surface area contributed by atoms with Gasteiger partial charge in [-0.05, 0) is 25.0 Å². The smallest absolute Gasteiger partial charge is 0.222 e. The van der Waals surface area contributed by atoms with Gasteiger partial charge in [0.05, 0.1) is 7.11 Å². The largest absolute Gasteiger partial charge is 0.496 e. The third-order valence-corrected chi connectivity index (χ3v) is 3.58. The molecule has 0 unspecified atom stereocenters. The van der Waals surface area contributed by atoms with Crippen LogP contribution in [-0.4, -0.2) is 25.9 Å². The zero-order valence-corrected chi connectivity index (χ0v) is 11.1. The van der Waals surface area contributed by atoms with Gasteiger partial charge in [0.1, 0.15) is 11.4 Å². The molecule has 5 heteroatoms. The van der Waals surface area contributed by atoms with Crippen LogP contribution in [0.15, 0.2) is 22.7 Å². The summed E-state index contributed by atoms with van der Waals surface area (Å²) in [4.78, 5) is 2.25. The Morgan fingerprint density at radius 3 is 2.95 bits per heavy atom. The fraction of sp³-hybridized carbons (Fsp3) is 0.357. The van der Waals surface area contributed by atoms with Crippen LogP contribution in [0.2, 0.25) is 0 Å². The number of nitrogens with two attached hydrogens (primary N) is 1. The minimum Gasteiger partial charge on any atom is -0.496 e. The molecule has 3 rings (SSSR count). The Bertz CT molecular complexity index is 607. The van der Waals surface area contributed by atoms with Gasteiger partial charge in [-0.25, -0.2) is 0 Å². The van der Waals surface area contributed by atoms with E-state index in [-0.39, 0.29) is 0 Å². The van der Waals surface area contributed by atoms with Crippen molar-refractivity contribution in [2.45, 2.75) is 12.8 Å². The topological polar surface area (TPSA) is 64.5 Å². The van der Waals surface area contributed by atoms with Crippen molar-refractivity contribution >= 4 is 11.6 Å². The lowest BCUT2D eigenvalue weighted by atomic mass is 9.96. The van der Waals surface area contributed by atoms with Gasteiger partial charge in [-0.2, -0.15) is 0 Å². The highest BCUT2D eigenvalue weighted by atomic mass is 16.5. The van der Waals surface area contributed by atoms with Gasteiger partial charge in [-0.15, -0.1) is 0 Å². The Hall–Kier alpha value is -2.17. The number of nitrogen functional groups attached to an aromatic ring is 1. The van der Waals surface area contributed by atoms with E-state index in [0.717, 1.165) is 30.7 Å². The summed E-state index contributed by atoms with van der Waals surface area (Å²) in [7, 11) is 3.79. The average molecular weight is 259 g/mol. The predicted octanol–water partition coefficient (Wildman–Crippen LogP) is 2.31. The Kier molecular flexibility index (Phi) is 2.81. The lowest BCUT2D eigenvalue weighted by Crippen LogP contribution is -2.25. The van der Waals surface area contributed by atoms with E-state index in [1.165, 1.54) is 11.3 Å². The van der Waals surface area contributed by atoms with Gasteiger partial charge in [0, 0.05) is 36.5 Å². The SMILES string of the molecule is COc1c(-c2cc(N)on2)ccc2c1CCCN2C. The number of benzene rings is 1. The first-order valence-electron chi connectivity index (χ1n) is 6.34. The first kappa shape index (κ1) is 11.9. The van der Waals surface area contributed by atoms with Gasteiger partial charge in [-0.3, -0.25) is 0 Å². The van der Waals surface area contributed by atoms with E-state index in [1.807, 2.05) is 6.07 Å². The van der Waals surface area contributed by atoms with E-state index in [1.54, 1.807) is 13.2 Å². The molecule has 0 saturated carbocycles. The summed E-state index contributed by atoms with van der Waals surface area (Å²) in [6, 6.07) is 5.84. The predicted molar refractivity (Wildman–Crippen MR) is 74.5 cm³/mol. The quantitative estimate of drug-likeness (QED) is 0.896. The van der Waals surface area contributed by atoms with Crippen molar-refractivity contribution in [1.82, 2.24) is 5.16 Å². The van der Waals surface area contributed by atoms with Crippen LogP contribution in [0.5, 0.6) is 5.75 Å². The van der Waals surface area contributed by atoms with Gasteiger partial charge in [0.15, 0.2) is 0 Å². The first-order chi connectivity index (χ1) is 9.20. The normalized spacial score (nSPS) is 14.3. The molecule has 0 atom stereocenters. The minimum absolute atomic E-state index is 0.312.